The first-order valence-electron chi connectivity index (χ1n) is 6.48. The molecule has 1 aromatic rings. The Morgan fingerprint density at radius 1 is 1.00 bits per heavy atom. The SMILES string of the molecule is CNCCCC(=O)NCCNC(=O)c1ccccc1.Cl. The van der Waals surface area contributed by atoms with Crippen LogP contribution in [0.2, 0.25) is 0 Å². The van der Waals surface area contributed by atoms with Gasteiger partial charge in [-0.3, -0.25) is 9.59 Å². The average Bonchev–Trinajstić information content (AvgIpc) is 2.44. The first kappa shape index (κ1) is 18.4. The lowest BCUT2D eigenvalue weighted by Gasteiger charge is -2.07. The van der Waals surface area contributed by atoms with Gasteiger partial charge in [0.25, 0.3) is 5.91 Å². The van der Waals surface area contributed by atoms with E-state index >= 15 is 0 Å². The number of nitrogens with one attached hydrogen (secondary N) is 3. The fourth-order valence-corrected chi connectivity index (χ4v) is 1.58. The zero-order chi connectivity index (χ0) is 13.9. The summed E-state index contributed by atoms with van der Waals surface area (Å²) < 4.78 is 0. The Morgan fingerprint density at radius 2 is 1.65 bits per heavy atom. The van der Waals surface area contributed by atoms with E-state index in [9.17, 15) is 9.59 Å². The molecule has 0 aliphatic heterocycles. The third-order valence-corrected chi connectivity index (χ3v) is 2.60. The van der Waals surface area contributed by atoms with Crippen molar-refractivity contribution in [3.05, 3.63) is 35.9 Å². The Morgan fingerprint density at radius 3 is 2.30 bits per heavy atom. The van der Waals surface area contributed by atoms with Crippen molar-refractivity contribution in [2.45, 2.75) is 12.8 Å². The number of carbonyl (C=O) groups excluding carboxylic acids is 2. The molecule has 0 saturated carbocycles. The number of benzene rings is 1. The van der Waals surface area contributed by atoms with Gasteiger partial charge in [0.15, 0.2) is 0 Å². The highest BCUT2D eigenvalue weighted by Gasteiger charge is 2.03. The highest BCUT2D eigenvalue weighted by molar-refractivity contribution is 5.94. The molecule has 3 N–H and O–H groups in total. The van der Waals surface area contributed by atoms with Crippen LogP contribution in [0.5, 0.6) is 0 Å². The Labute approximate surface area is 125 Å². The van der Waals surface area contributed by atoms with Crippen molar-refractivity contribution in [3.8, 4) is 0 Å². The van der Waals surface area contributed by atoms with Crippen molar-refractivity contribution in [1.82, 2.24) is 16.0 Å². The van der Waals surface area contributed by atoms with Gasteiger partial charge in [-0.25, -0.2) is 0 Å². The first-order chi connectivity index (χ1) is 9.24. The van der Waals surface area contributed by atoms with Crippen molar-refractivity contribution in [2.75, 3.05) is 26.7 Å². The van der Waals surface area contributed by atoms with Gasteiger partial charge in [-0.05, 0) is 32.1 Å². The molecule has 0 unspecified atom stereocenters. The minimum Gasteiger partial charge on any atom is -0.354 e. The second-order valence-electron chi connectivity index (χ2n) is 4.18. The van der Waals surface area contributed by atoms with Gasteiger partial charge in [-0.15, -0.1) is 12.4 Å². The van der Waals surface area contributed by atoms with Gasteiger partial charge in [-0.2, -0.15) is 0 Å². The van der Waals surface area contributed by atoms with E-state index in [0.717, 1.165) is 13.0 Å². The lowest BCUT2D eigenvalue weighted by molar-refractivity contribution is -0.121. The molecule has 0 aromatic heterocycles. The third kappa shape index (κ3) is 7.76. The Balaban J connectivity index is 0.00000361. The highest BCUT2D eigenvalue weighted by atomic mass is 35.5. The number of halogens is 1. The van der Waals surface area contributed by atoms with E-state index in [0.29, 0.717) is 25.1 Å². The zero-order valence-electron chi connectivity index (χ0n) is 11.6. The van der Waals surface area contributed by atoms with Gasteiger partial charge >= 0.3 is 0 Å². The summed E-state index contributed by atoms with van der Waals surface area (Å²) in [5.74, 6) is -0.103. The van der Waals surface area contributed by atoms with E-state index in [1.807, 2.05) is 25.2 Å². The molecule has 0 fully saturated rings. The topological polar surface area (TPSA) is 70.2 Å². The molecule has 6 heteroatoms. The maximum absolute atomic E-state index is 11.7. The Kier molecular flexibility index (Phi) is 10.4. The van der Waals surface area contributed by atoms with Gasteiger partial charge < -0.3 is 16.0 Å². The highest BCUT2D eigenvalue weighted by Crippen LogP contribution is 1.97. The van der Waals surface area contributed by atoms with E-state index in [1.54, 1.807) is 12.1 Å². The maximum atomic E-state index is 11.7. The molecule has 0 atom stereocenters. The van der Waals surface area contributed by atoms with Gasteiger partial charge in [-0.1, -0.05) is 18.2 Å². The van der Waals surface area contributed by atoms with E-state index in [4.69, 9.17) is 0 Å². The summed E-state index contributed by atoms with van der Waals surface area (Å²) >= 11 is 0. The van der Waals surface area contributed by atoms with Crippen LogP contribution in [-0.2, 0) is 4.79 Å². The number of hydrogen-bond acceptors (Lipinski definition) is 3. The number of hydrogen-bond donors (Lipinski definition) is 3. The molecule has 0 bridgehead atoms. The molecule has 1 aromatic carbocycles. The minimum absolute atomic E-state index is 0. The molecule has 0 heterocycles. The summed E-state index contributed by atoms with van der Waals surface area (Å²) in [7, 11) is 1.86. The number of carbonyl (C=O) groups is 2. The summed E-state index contributed by atoms with van der Waals surface area (Å²) in [4.78, 5) is 23.0. The molecular weight excluding hydrogens is 278 g/mol. The quantitative estimate of drug-likeness (QED) is 0.626. The van der Waals surface area contributed by atoms with Crippen LogP contribution in [0.1, 0.15) is 23.2 Å². The van der Waals surface area contributed by atoms with Crippen molar-refractivity contribution in [2.24, 2.45) is 0 Å². The Bertz CT molecular complexity index is 399. The normalized spacial score (nSPS) is 9.45. The second kappa shape index (κ2) is 11.3. The van der Waals surface area contributed by atoms with E-state index in [1.165, 1.54) is 0 Å². The molecule has 5 nitrogen and oxygen atoms in total. The van der Waals surface area contributed by atoms with Gasteiger partial charge in [0, 0.05) is 25.1 Å². The molecule has 112 valence electrons. The zero-order valence-corrected chi connectivity index (χ0v) is 12.5. The molecule has 2 amide bonds. The molecule has 0 saturated heterocycles. The summed E-state index contributed by atoms with van der Waals surface area (Å²) in [5.41, 5.74) is 0.628. The van der Waals surface area contributed by atoms with Crippen LogP contribution in [0.25, 0.3) is 0 Å². The lowest BCUT2D eigenvalue weighted by atomic mass is 10.2. The molecule has 20 heavy (non-hydrogen) atoms. The van der Waals surface area contributed by atoms with Crippen LogP contribution < -0.4 is 16.0 Å². The fraction of sp³-hybridized carbons (Fsp3) is 0.429. The first-order valence-corrected chi connectivity index (χ1v) is 6.48. The summed E-state index contributed by atoms with van der Waals surface area (Å²) in [5, 5.41) is 8.51. The van der Waals surface area contributed by atoms with Crippen LogP contribution in [0.3, 0.4) is 0 Å². The van der Waals surface area contributed by atoms with Crippen molar-refractivity contribution < 1.29 is 9.59 Å². The predicted molar refractivity (Wildman–Crippen MR) is 82.2 cm³/mol. The van der Waals surface area contributed by atoms with Crippen molar-refractivity contribution >= 4 is 24.2 Å². The number of amides is 2. The molecule has 0 radical (unpaired) electrons. The minimum atomic E-state index is -0.120. The van der Waals surface area contributed by atoms with Crippen LogP contribution in [0.4, 0.5) is 0 Å². The summed E-state index contributed by atoms with van der Waals surface area (Å²) in [6.07, 6.45) is 1.33. The molecule has 0 aliphatic carbocycles. The number of rotatable bonds is 8. The molecular formula is C14H22ClN3O2. The Hall–Kier alpha value is -1.59. The second-order valence-corrected chi connectivity index (χ2v) is 4.18. The largest absolute Gasteiger partial charge is 0.354 e. The third-order valence-electron chi connectivity index (χ3n) is 2.60. The summed E-state index contributed by atoms with van der Waals surface area (Å²) in [6, 6.07) is 9.01. The van der Waals surface area contributed by atoms with Gasteiger partial charge in [0.05, 0.1) is 0 Å². The van der Waals surface area contributed by atoms with Crippen LogP contribution in [0, 0.1) is 0 Å². The monoisotopic (exact) mass is 299 g/mol. The van der Waals surface area contributed by atoms with Gasteiger partial charge in [0.2, 0.25) is 5.91 Å². The van der Waals surface area contributed by atoms with Crippen LogP contribution >= 0.6 is 12.4 Å². The molecule has 0 aliphatic rings. The lowest BCUT2D eigenvalue weighted by Crippen LogP contribution is -2.34. The van der Waals surface area contributed by atoms with Crippen LogP contribution in [0.15, 0.2) is 30.3 Å². The average molecular weight is 300 g/mol. The van der Waals surface area contributed by atoms with Crippen molar-refractivity contribution in [3.63, 3.8) is 0 Å². The van der Waals surface area contributed by atoms with E-state index < -0.39 is 0 Å². The molecule has 1 rings (SSSR count). The fourth-order valence-electron chi connectivity index (χ4n) is 1.58. The standard InChI is InChI=1S/C14H21N3O2.ClH/c1-15-9-5-8-13(18)16-10-11-17-14(19)12-6-3-2-4-7-12;/h2-4,6-7,15H,5,8-11H2,1H3,(H,16,18)(H,17,19);1H. The van der Waals surface area contributed by atoms with Gasteiger partial charge in [0.1, 0.15) is 0 Å². The molecule has 0 spiro atoms. The van der Waals surface area contributed by atoms with Crippen molar-refractivity contribution in [1.29, 1.82) is 0 Å². The van der Waals surface area contributed by atoms with E-state index in [2.05, 4.69) is 16.0 Å². The summed E-state index contributed by atoms with van der Waals surface area (Å²) in [6.45, 7) is 1.72. The van der Waals surface area contributed by atoms with E-state index in [-0.39, 0.29) is 24.2 Å². The predicted octanol–water partition coefficient (Wildman–Crippen LogP) is 0.954. The smallest absolute Gasteiger partial charge is 0.251 e. The van der Waals surface area contributed by atoms with Crippen LogP contribution in [-0.4, -0.2) is 38.5 Å². The maximum Gasteiger partial charge on any atom is 0.251 e.